The lowest BCUT2D eigenvalue weighted by Gasteiger charge is -2.21. The second-order valence-corrected chi connectivity index (χ2v) is 5.36. The zero-order chi connectivity index (χ0) is 13.9. The molecule has 0 aromatic heterocycles. The molecule has 1 aromatic rings. The van der Waals surface area contributed by atoms with E-state index in [1.807, 2.05) is 13.8 Å². The van der Waals surface area contributed by atoms with E-state index in [9.17, 15) is 9.90 Å². The summed E-state index contributed by atoms with van der Waals surface area (Å²) in [5, 5.41) is 18.7. The van der Waals surface area contributed by atoms with Gasteiger partial charge in [0.25, 0.3) is 0 Å². The third-order valence-electron chi connectivity index (χ3n) is 2.75. The summed E-state index contributed by atoms with van der Waals surface area (Å²) in [7, 11) is 0. The minimum atomic E-state index is -0.448. The fourth-order valence-corrected chi connectivity index (χ4v) is 1.46. The molecule has 0 unspecified atom stereocenters. The number of carbonyl (C=O) groups is 1. The number of carbonyl (C=O) groups excluding carboxylic acids is 1. The van der Waals surface area contributed by atoms with Crippen LogP contribution in [0.4, 0.5) is 0 Å². The van der Waals surface area contributed by atoms with Crippen molar-refractivity contribution in [2.24, 2.45) is 5.41 Å². The van der Waals surface area contributed by atoms with Gasteiger partial charge in [0.05, 0.1) is 18.8 Å². The van der Waals surface area contributed by atoms with Gasteiger partial charge < -0.3 is 14.9 Å². The summed E-state index contributed by atoms with van der Waals surface area (Å²) >= 11 is 0. The maximum atomic E-state index is 11.8. The van der Waals surface area contributed by atoms with E-state index >= 15 is 0 Å². The molecule has 0 aliphatic carbocycles. The Hall–Kier alpha value is -1.55. The summed E-state index contributed by atoms with van der Waals surface area (Å²) in [4.78, 5) is 11.8. The Morgan fingerprint density at radius 3 is 2.22 bits per heavy atom. The van der Waals surface area contributed by atoms with Crippen molar-refractivity contribution in [3.05, 3.63) is 28.8 Å². The van der Waals surface area contributed by atoms with E-state index in [1.165, 1.54) is 0 Å². The van der Waals surface area contributed by atoms with Crippen LogP contribution in [0.1, 0.15) is 35.3 Å². The lowest BCUT2D eigenvalue weighted by Crippen LogP contribution is -2.25. The van der Waals surface area contributed by atoms with Crippen LogP contribution in [-0.4, -0.2) is 29.4 Å². The first-order chi connectivity index (χ1) is 8.26. The van der Waals surface area contributed by atoms with E-state index in [-0.39, 0.29) is 19.0 Å². The molecule has 0 atom stereocenters. The molecule has 0 aliphatic heterocycles. The average molecular weight is 252 g/mol. The molecule has 0 saturated heterocycles. The van der Waals surface area contributed by atoms with Crippen molar-refractivity contribution >= 4 is 5.97 Å². The first-order valence-electron chi connectivity index (χ1n) is 5.85. The highest BCUT2D eigenvalue weighted by Gasteiger charge is 2.20. The van der Waals surface area contributed by atoms with Crippen molar-refractivity contribution < 1.29 is 19.7 Å². The lowest BCUT2D eigenvalue weighted by atomic mass is 9.96. The summed E-state index contributed by atoms with van der Waals surface area (Å²) in [6, 6.07) is 3.19. The van der Waals surface area contributed by atoms with Crippen LogP contribution >= 0.6 is 0 Å². The fourth-order valence-electron chi connectivity index (χ4n) is 1.46. The number of esters is 1. The van der Waals surface area contributed by atoms with Gasteiger partial charge in [-0.1, -0.05) is 13.8 Å². The Morgan fingerprint density at radius 1 is 1.28 bits per heavy atom. The molecule has 4 heteroatoms. The Balaban J connectivity index is 2.80. The van der Waals surface area contributed by atoms with Crippen molar-refractivity contribution in [2.45, 2.75) is 27.7 Å². The molecule has 0 amide bonds. The van der Waals surface area contributed by atoms with Crippen LogP contribution < -0.4 is 0 Å². The summed E-state index contributed by atoms with van der Waals surface area (Å²) in [6.45, 7) is 7.20. The quantitative estimate of drug-likeness (QED) is 0.806. The maximum absolute atomic E-state index is 11.8. The van der Waals surface area contributed by atoms with E-state index in [1.54, 1.807) is 26.0 Å². The van der Waals surface area contributed by atoms with E-state index < -0.39 is 11.4 Å². The van der Waals surface area contributed by atoms with Gasteiger partial charge in [-0.15, -0.1) is 0 Å². The molecule has 0 heterocycles. The number of hydrogen-bond acceptors (Lipinski definition) is 4. The van der Waals surface area contributed by atoms with Crippen molar-refractivity contribution in [1.82, 2.24) is 0 Å². The Kier molecular flexibility index (Phi) is 4.35. The third kappa shape index (κ3) is 3.47. The van der Waals surface area contributed by atoms with Crippen LogP contribution in [0.5, 0.6) is 5.75 Å². The minimum Gasteiger partial charge on any atom is -0.507 e. The van der Waals surface area contributed by atoms with Gasteiger partial charge in [-0.05, 0) is 37.1 Å². The molecule has 100 valence electrons. The monoisotopic (exact) mass is 252 g/mol. The van der Waals surface area contributed by atoms with Crippen molar-refractivity contribution in [1.29, 1.82) is 0 Å². The van der Waals surface area contributed by atoms with Gasteiger partial charge in [0.2, 0.25) is 0 Å². The molecule has 2 N–H and O–H groups in total. The number of hydrogen-bond donors (Lipinski definition) is 2. The molecule has 1 aromatic carbocycles. The van der Waals surface area contributed by atoms with Gasteiger partial charge >= 0.3 is 5.97 Å². The fraction of sp³-hybridized carbons (Fsp3) is 0.500. The number of phenolic OH excluding ortho intramolecular Hbond substituents is 1. The van der Waals surface area contributed by atoms with Crippen molar-refractivity contribution in [3.8, 4) is 5.75 Å². The van der Waals surface area contributed by atoms with Crippen LogP contribution in [0.15, 0.2) is 12.1 Å². The Labute approximate surface area is 107 Å². The Bertz CT molecular complexity index is 426. The molecule has 0 bridgehead atoms. The van der Waals surface area contributed by atoms with Crippen LogP contribution in [0.2, 0.25) is 0 Å². The van der Waals surface area contributed by atoms with Crippen LogP contribution in [0.25, 0.3) is 0 Å². The largest absolute Gasteiger partial charge is 0.507 e. The summed E-state index contributed by atoms with van der Waals surface area (Å²) in [6.07, 6.45) is 0. The topological polar surface area (TPSA) is 66.8 Å². The first-order valence-corrected chi connectivity index (χ1v) is 5.85. The molecule has 0 radical (unpaired) electrons. The predicted octanol–water partition coefficient (Wildman–Crippen LogP) is 2.18. The number of phenols is 1. The number of aliphatic hydroxyl groups excluding tert-OH is 1. The standard InChI is InChI=1S/C14H20O4/c1-9-5-11(6-10(2)12(9)16)13(17)18-8-14(3,4)7-15/h5-6,15-16H,7-8H2,1-4H3. The van der Waals surface area contributed by atoms with E-state index in [4.69, 9.17) is 9.84 Å². The molecule has 0 saturated carbocycles. The van der Waals surface area contributed by atoms with Gasteiger partial charge in [0, 0.05) is 5.41 Å². The number of rotatable bonds is 4. The number of benzene rings is 1. The van der Waals surface area contributed by atoms with Gasteiger partial charge in [-0.2, -0.15) is 0 Å². The third-order valence-corrected chi connectivity index (χ3v) is 2.75. The molecular weight excluding hydrogens is 232 g/mol. The summed E-state index contributed by atoms with van der Waals surface area (Å²) in [5.41, 5.74) is 1.25. The number of aryl methyl sites for hydroxylation is 2. The van der Waals surface area contributed by atoms with Crippen LogP contribution in [0.3, 0.4) is 0 Å². The minimum absolute atomic E-state index is 0.0477. The zero-order valence-corrected chi connectivity index (χ0v) is 11.3. The smallest absolute Gasteiger partial charge is 0.338 e. The highest BCUT2D eigenvalue weighted by molar-refractivity contribution is 5.90. The van der Waals surface area contributed by atoms with Crippen LogP contribution in [-0.2, 0) is 4.74 Å². The van der Waals surface area contributed by atoms with Gasteiger partial charge in [0.1, 0.15) is 5.75 Å². The van der Waals surface area contributed by atoms with Gasteiger partial charge in [-0.25, -0.2) is 4.79 Å². The maximum Gasteiger partial charge on any atom is 0.338 e. The second kappa shape index (κ2) is 5.40. The molecule has 1 rings (SSSR count). The first kappa shape index (κ1) is 14.5. The molecule has 4 nitrogen and oxygen atoms in total. The average Bonchev–Trinajstić information content (AvgIpc) is 2.32. The van der Waals surface area contributed by atoms with Crippen molar-refractivity contribution in [2.75, 3.05) is 13.2 Å². The number of aliphatic hydroxyl groups is 1. The normalized spacial score (nSPS) is 11.4. The SMILES string of the molecule is Cc1cc(C(=O)OCC(C)(C)CO)cc(C)c1O. The molecule has 0 spiro atoms. The highest BCUT2D eigenvalue weighted by Crippen LogP contribution is 2.23. The van der Waals surface area contributed by atoms with Crippen molar-refractivity contribution in [3.63, 3.8) is 0 Å². The van der Waals surface area contributed by atoms with E-state index in [0.29, 0.717) is 16.7 Å². The summed E-state index contributed by atoms with van der Waals surface area (Å²) in [5.74, 6) is -0.245. The highest BCUT2D eigenvalue weighted by atomic mass is 16.5. The lowest BCUT2D eigenvalue weighted by molar-refractivity contribution is 0.0218. The molecular formula is C14H20O4. The second-order valence-electron chi connectivity index (χ2n) is 5.36. The van der Waals surface area contributed by atoms with E-state index in [2.05, 4.69) is 0 Å². The Morgan fingerprint density at radius 2 is 1.78 bits per heavy atom. The molecule has 0 fully saturated rings. The van der Waals surface area contributed by atoms with E-state index in [0.717, 1.165) is 0 Å². The number of aromatic hydroxyl groups is 1. The van der Waals surface area contributed by atoms with Gasteiger partial charge in [0.15, 0.2) is 0 Å². The molecule has 0 aliphatic rings. The predicted molar refractivity (Wildman–Crippen MR) is 68.7 cm³/mol. The summed E-state index contributed by atoms with van der Waals surface area (Å²) < 4.78 is 5.15. The molecule has 18 heavy (non-hydrogen) atoms. The number of ether oxygens (including phenoxy) is 1. The van der Waals surface area contributed by atoms with Gasteiger partial charge in [-0.3, -0.25) is 0 Å². The zero-order valence-electron chi connectivity index (χ0n) is 11.3. The van der Waals surface area contributed by atoms with Crippen LogP contribution in [0, 0.1) is 19.3 Å².